The van der Waals surface area contributed by atoms with Crippen molar-refractivity contribution < 1.29 is 24.2 Å². The van der Waals surface area contributed by atoms with Crippen LogP contribution in [0.25, 0.3) is 11.1 Å². The van der Waals surface area contributed by atoms with Gasteiger partial charge < -0.3 is 20.5 Å². The van der Waals surface area contributed by atoms with Crippen LogP contribution in [-0.2, 0) is 14.3 Å². The molecule has 0 heterocycles. The van der Waals surface area contributed by atoms with Crippen LogP contribution in [0.5, 0.6) is 0 Å². The zero-order valence-corrected chi connectivity index (χ0v) is 18.7. The summed E-state index contributed by atoms with van der Waals surface area (Å²) >= 11 is 0. The lowest BCUT2D eigenvalue weighted by Crippen LogP contribution is -2.40. The summed E-state index contributed by atoms with van der Waals surface area (Å²) < 4.78 is 5.50. The Morgan fingerprint density at radius 3 is 2.16 bits per heavy atom. The summed E-state index contributed by atoms with van der Waals surface area (Å²) in [5.41, 5.74) is 4.04. The van der Waals surface area contributed by atoms with E-state index in [-0.39, 0.29) is 37.8 Å². The molecule has 0 unspecified atom stereocenters. The first-order chi connectivity index (χ1) is 15.2. The predicted octanol–water partition coefficient (Wildman–Crippen LogP) is 3.92. The van der Waals surface area contributed by atoms with Crippen molar-refractivity contribution in [1.29, 1.82) is 0 Å². The molecular weight excluding hydrogens is 408 g/mol. The highest BCUT2D eigenvalue weighted by Gasteiger charge is 2.29. The van der Waals surface area contributed by atoms with Crippen LogP contribution in [0.4, 0.5) is 4.79 Å². The van der Waals surface area contributed by atoms with E-state index < -0.39 is 23.5 Å². The van der Waals surface area contributed by atoms with Crippen molar-refractivity contribution in [3.05, 3.63) is 59.7 Å². The Bertz CT molecular complexity index is 956. The number of carbonyl (C=O) groups is 3. The van der Waals surface area contributed by atoms with Crippen molar-refractivity contribution in [1.82, 2.24) is 10.6 Å². The molecule has 0 radical (unpaired) electrons. The molecule has 2 aromatic carbocycles. The van der Waals surface area contributed by atoms with Crippen LogP contribution in [0, 0.1) is 5.41 Å². The quantitative estimate of drug-likeness (QED) is 0.550. The maximum atomic E-state index is 12.3. The summed E-state index contributed by atoms with van der Waals surface area (Å²) in [4.78, 5) is 35.4. The number of rotatable bonds is 9. The van der Waals surface area contributed by atoms with Gasteiger partial charge >= 0.3 is 12.1 Å². The molecule has 0 aliphatic heterocycles. The number of amides is 2. The minimum atomic E-state index is -0.908. The third-order valence-corrected chi connectivity index (χ3v) is 5.59. The molecule has 0 fully saturated rings. The third-order valence-electron chi connectivity index (χ3n) is 5.59. The summed E-state index contributed by atoms with van der Waals surface area (Å²) in [5, 5.41) is 14.4. The first kappa shape index (κ1) is 23.3. The predicted molar refractivity (Wildman–Crippen MR) is 121 cm³/mol. The number of nitrogens with one attached hydrogen (secondary N) is 2. The van der Waals surface area contributed by atoms with Gasteiger partial charge in [0.1, 0.15) is 6.61 Å². The summed E-state index contributed by atoms with van der Waals surface area (Å²) in [6.07, 6.45) is -0.535. The van der Waals surface area contributed by atoms with Crippen molar-refractivity contribution >= 4 is 18.0 Å². The maximum Gasteiger partial charge on any atom is 0.407 e. The van der Waals surface area contributed by atoms with Crippen LogP contribution in [0.2, 0.25) is 0 Å². The fraction of sp³-hybridized carbons (Fsp3) is 0.400. The highest BCUT2D eigenvalue weighted by Crippen LogP contribution is 2.44. The number of ether oxygens (including phenoxy) is 1. The minimum Gasteiger partial charge on any atom is -0.481 e. The topological polar surface area (TPSA) is 105 Å². The van der Waals surface area contributed by atoms with Gasteiger partial charge in [-0.2, -0.15) is 0 Å². The molecule has 0 saturated heterocycles. The maximum absolute atomic E-state index is 12.3. The largest absolute Gasteiger partial charge is 0.481 e. The van der Waals surface area contributed by atoms with E-state index in [2.05, 4.69) is 34.9 Å². The van der Waals surface area contributed by atoms with Crippen LogP contribution < -0.4 is 10.6 Å². The van der Waals surface area contributed by atoms with Gasteiger partial charge in [-0.1, -0.05) is 62.4 Å². The Morgan fingerprint density at radius 1 is 1.03 bits per heavy atom. The molecule has 7 nitrogen and oxygen atoms in total. The molecule has 2 amide bonds. The van der Waals surface area contributed by atoms with Crippen molar-refractivity contribution in [3.63, 3.8) is 0 Å². The zero-order valence-electron chi connectivity index (χ0n) is 18.7. The first-order valence-corrected chi connectivity index (χ1v) is 10.8. The SMILES string of the molecule is C[C@@H](CC(=O)NCC(C)(C)CC(=O)O)NC(=O)OCC1c2ccccc2-c2ccccc21. The molecule has 0 spiro atoms. The van der Waals surface area contributed by atoms with Gasteiger partial charge in [0.2, 0.25) is 5.91 Å². The van der Waals surface area contributed by atoms with E-state index in [0.29, 0.717) is 0 Å². The zero-order chi connectivity index (χ0) is 23.3. The molecular formula is C25H30N2O5. The lowest BCUT2D eigenvalue weighted by molar-refractivity contribution is -0.139. The van der Waals surface area contributed by atoms with E-state index in [4.69, 9.17) is 9.84 Å². The van der Waals surface area contributed by atoms with Crippen LogP contribution in [-0.4, -0.2) is 42.3 Å². The third kappa shape index (κ3) is 5.87. The second-order valence-corrected chi connectivity index (χ2v) is 9.09. The second kappa shape index (κ2) is 9.85. The van der Waals surface area contributed by atoms with E-state index in [1.54, 1.807) is 20.8 Å². The molecule has 170 valence electrons. The fourth-order valence-corrected chi connectivity index (χ4v) is 4.05. The molecule has 0 saturated carbocycles. The Labute approximate surface area is 188 Å². The van der Waals surface area contributed by atoms with E-state index >= 15 is 0 Å². The van der Waals surface area contributed by atoms with Crippen LogP contribution in [0.15, 0.2) is 48.5 Å². The number of carboxylic acid groups (broad SMARTS) is 1. The molecule has 2 aromatic rings. The number of fused-ring (bicyclic) bond motifs is 3. The average molecular weight is 439 g/mol. The minimum absolute atomic E-state index is 0.0248. The number of carbonyl (C=O) groups excluding carboxylic acids is 2. The average Bonchev–Trinajstić information content (AvgIpc) is 3.04. The molecule has 1 aliphatic rings. The van der Waals surface area contributed by atoms with Gasteiger partial charge in [0.15, 0.2) is 0 Å². The molecule has 0 bridgehead atoms. The first-order valence-electron chi connectivity index (χ1n) is 10.8. The molecule has 0 aromatic heterocycles. The number of hydrogen-bond donors (Lipinski definition) is 3. The number of carboxylic acids is 1. The smallest absolute Gasteiger partial charge is 0.407 e. The molecule has 1 atom stereocenters. The lowest BCUT2D eigenvalue weighted by Gasteiger charge is -2.23. The van der Waals surface area contributed by atoms with E-state index in [9.17, 15) is 14.4 Å². The second-order valence-electron chi connectivity index (χ2n) is 9.09. The van der Waals surface area contributed by atoms with Gasteiger partial charge in [-0.05, 0) is 34.6 Å². The van der Waals surface area contributed by atoms with Crippen molar-refractivity contribution in [2.24, 2.45) is 5.41 Å². The van der Waals surface area contributed by atoms with Crippen molar-refractivity contribution in [2.45, 2.75) is 45.6 Å². The standard InChI is InChI=1S/C25H30N2O5/c1-16(12-22(28)26-15-25(2,3)13-23(29)30)27-24(31)32-14-21-19-10-6-4-8-17(19)18-9-5-7-11-20(18)21/h4-11,16,21H,12-15H2,1-3H3,(H,26,28)(H,27,31)(H,29,30)/t16-/m0/s1. The lowest BCUT2D eigenvalue weighted by atomic mass is 9.89. The van der Waals surface area contributed by atoms with Crippen LogP contribution in [0.3, 0.4) is 0 Å². The van der Waals surface area contributed by atoms with E-state index in [0.717, 1.165) is 22.3 Å². The van der Waals surface area contributed by atoms with Gasteiger partial charge in [-0.25, -0.2) is 4.79 Å². The van der Waals surface area contributed by atoms with E-state index in [1.165, 1.54) is 0 Å². The van der Waals surface area contributed by atoms with Gasteiger partial charge in [0.05, 0.1) is 6.42 Å². The summed E-state index contributed by atoms with van der Waals surface area (Å²) in [6, 6.07) is 15.8. The fourth-order valence-electron chi connectivity index (χ4n) is 4.05. The molecule has 32 heavy (non-hydrogen) atoms. The van der Waals surface area contributed by atoms with Gasteiger partial charge in [0.25, 0.3) is 0 Å². The van der Waals surface area contributed by atoms with Gasteiger partial charge in [-0.3, -0.25) is 9.59 Å². The van der Waals surface area contributed by atoms with Crippen LogP contribution in [0.1, 0.15) is 50.7 Å². The Hall–Kier alpha value is -3.35. The Morgan fingerprint density at radius 2 is 1.59 bits per heavy atom. The van der Waals surface area contributed by atoms with Crippen molar-refractivity contribution in [2.75, 3.05) is 13.2 Å². The Kier molecular flexibility index (Phi) is 7.18. The van der Waals surface area contributed by atoms with Gasteiger partial charge in [0, 0.05) is 24.9 Å². The normalized spacial score (nSPS) is 13.6. The van der Waals surface area contributed by atoms with Crippen LogP contribution >= 0.6 is 0 Å². The molecule has 1 aliphatic carbocycles. The summed E-state index contributed by atoms with van der Waals surface area (Å²) in [7, 11) is 0. The number of benzene rings is 2. The molecule has 7 heteroatoms. The van der Waals surface area contributed by atoms with Crippen molar-refractivity contribution in [3.8, 4) is 11.1 Å². The molecule has 3 rings (SSSR count). The highest BCUT2D eigenvalue weighted by atomic mass is 16.5. The Balaban J connectivity index is 1.48. The van der Waals surface area contributed by atoms with E-state index in [1.807, 2.05) is 24.3 Å². The molecule has 3 N–H and O–H groups in total. The highest BCUT2D eigenvalue weighted by molar-refractivity contribution is 5.79. The monoisotopic (exact) mass is 438 g/mol. The number of alkyl carbamates (subject to hydrolysis) is 1. The summed E-state index contributed by atoms with van der Waals surface area (Å²) in [6.45, 7) is 5.74. The summed E-state index contributed by atoms with van der Waals surface area (Å²) in [5.74, 6) is -1.19. The number of aliphatic carboxylic acids is 1. The van der Waals surface area contributed by atoms with Gasteiger partial charge in [-0.15, -0.1) is 0 Å². The number of hydrogen-bond acceptors (Lipinski definition) is 4.